The number of sulfonamides is 1. The summed E-state index contributed by atoms with van der Waals surface area (Å²) in [5.41, 5.74) is 2.52. The summed E-state index contributed by atoms with van der Waals surface area (Å²) in [5.74, 6) is 0.907. The molecule has 3 rings (SSSR count). The predicted molar refractivity (Wildman–Crippen MR) is 95.6 cm³/mol. The molecule has 124 valence electrons. The van der Waals surface area contributed by atoms with Gasteiger partial charge in [0.05, 0.1) is 4.90 Å². The molecule has 5 heteroatoms. The first kappa shape index (κ1) is 16.7. The second-order valence-electron chi connectivity index (χ2n) is 6.46. The van der Waals surface area contributed by atoms with Crippen LogP contribution in [0.15, 0.2) is 46.0 Å². The molecule has 0 bridgehead atoms. The number of benzene rings is 1. The molecule has 0 atom stereocenters. The van der Waals surface area contributed by atoms with Crippen molar-refractivity contribution in [3.8, 4) is 0 Å². The Bertz CT molecular complexity index is 726. The van der Waals surface area contributed by atoms with E-state index in [9.17, 15) is 8.42 Å². The topological polar surface area (TPSA) is 37.4 Å². The fourth-order valence-corrected chi connectivity index (χ4v) is 5.32. The second kappa shape index (κ2) is 6.75. The van der Waals surface area contributed by atoms with Gasteiger partial charge in [0.15, 0.2) is 0 Å². The number of hydrogen-bond acceptors (Lipinski definition) is 3. The Morgan fingerprint density at radius 3 is 2.26 bits per heavy atom. The van der Waals surface area contributed by atoms with E-state index in [0.717, 1.165) is 12.8 Å². The van der Waals surface area contributed by atoms with Crippen LogP contribution in [0.25, 0.3) is 0 Å². The fraction of sp³-hybridized carbons (Fsp3) is 0.444. The molecule has 0 amide bonds. The minimum Gasteiger partial charge on any atom is -0.207 e. The first-order valence-electron chi connectivity index (χ1n) is 8.10. The van der Waals surface area contributed by atoms with E-state index < -0.39 is 10.0 Å². The molecule has 0 unspecified atom stereocenters. The Kier molecular flexibility index (Phi) is 4.90. The molecule has 1 aliphatic heterocycles. The van der Waals surface area contributed by atoms with Gasteiger partial charge in [0.1, 0.15) is 0 Å². The highest BCUT2D eigenvalue weighted by molar-refractivity contribution is 7.89. The van der Waals surface area contributed by atoms with Crippen molar-refractivity contribution in [2.45, 2.75) is 43.4 Å². The number of hydrogen-bond donors (Lipinski definition) is 0. The van der Waals surface area contributed by atoms with Crippen molar-refractivity contribution in [1.29, 1.82) is 0 Å². The van der Waals surface area contributed by atoms with Crippen molar-refractivity contribution in [2.24, 2.45) is 0 Å². The van der Waals surface area contributed by atoms with Crippen LogP contribution in [-0.4, -0.2) is 25.8 Å². The van der Waals surface area contributed by atoms with Crippen molar-refractivity contribution in [3.05, 3.63) is 52.2 Å². The van der Waals surface area contributed by atoms with Crippen LogP contribution >= 0.6 is 11.3 Å². The Labute approximate surface area is 143 Å². The Morgan fingerprint density at radius 2 is 1.74 bits per heavy atom. The van der Waals surface area contributed by atoms with Crippen molar-refractivity contribution < 1.29 is 8.42 Å². The predicted octanol–water partition coefficient (Wildman–Crippen LogP) is 4.44. The van der Waals surface area contributed by atoms with Crippen LogP contribution in [0.1, 0.15) is 49.7 Å². The standard InChI is InChI=1S/C18H23NO2S2/c1-14(2)15-3-5-18(6-4-15)23(20,21)19-10-7-16(8-11-19)17-9-12-22-13-17/h3-6,9,12-14,16H,7-8,10-11H2,1-2H3. The smallest absolute Gasteiger partial charge is 0.207 e. The molecular weight excluding hydrogens is 326 g/mol. The molecule has 1 saturated heterocycles. The molecule has 1 aliphatic rings. The number of thiophene rings is 1. The van der Waals surface area contributed by atoms with Gasteiger partial charge in [-0.2, -0.15) is 15.6 Å². The molecule has 23 heavy (non-hydrogen) atoms. The summed E-state index contributed by atoms with van der Waals surface area (Å²) in [7, 11) is -3.36. The summed E-state index contributed by atoms with van der Waals surface area (Å²) in [4.78, 5) is 0.413. The van der Waals surface area contributed by atoms with Gasteiger partial charge in [-0.25, -0.2) is 8.42 Å². The van der Waals surface area contributed by atoms with E-state index in [1.165, 1.54) is 11.1 Å². The maximum absolute atomic E-state index is 12.8. The summed E-state index contributed by atoms with van der Waals surface area (Å²) in [6.07, 6.45) is 1.81. The van der Waals surface area contributed by atoms with Gasteiger partial charge in [-0.1, -0.05) is 26.0 Å². The van der Waals surface area contributed by atoms with Gasteiger partial charge in [0, 0.05) is 13.1 Å². The van der Waals surface area contributed by atoms with Gasteiger partial charge >= 0.3 is 0 Å². The van der Waals surface area contributed by atoms with Gasteiger partial charge in [-0.15, -0.1) is 0 Å². The van der Waals surface area contributed by atoms with E-state index in [1.54, 1.807) is 27.8 Å². The van der Waals surface area contributed by atoms with E-state index in [0.29, 0.717) is 29.8 Å². The van der Waals surface area contributed by atoms with Crippen molar-refractivity contribution in [2.75, 3.05) is 13.1 Å². The van der Waals surface area contributed by atoms with Crippen LogP contribution < -0.4 is 0 Å². The molecule has 3 nitrogen and oxygen atoms in total. The molecule has 1 fully saturated rings. The summed E-state index contributed by atoms with van der Waals surface area (Å²) < 4.78 is 27.2. The molecule has 2 heterocycles. The van der Waals surface area contributed by atoms with E-state index >= 15 is 0 Å². The largest absolute Gasteiger partial charge is 0.243 e. The number of nitrogens with zero attached hydrogens (tertiary/aromatic N) is 1. The zero-order valence-corrected chi connectivity index (χ0v) is 15.2. The molecule has 0 N–H and O–H groups in total. The lowest BCUT2D eigenvalue weighted by molar-refractivity contribution is 0.320. The molecule has 2 aromatic rings. The Balaban J connectivity index is 1.71. The molecule has 0 radical (unpaired) electrons. The van der Waals surface area contributed by atoms with Crippen LogP contribution in [0.3, 0.4) is 0 Å². The molecule has 0 saturated carbocycles. The summed E-state index contributed by atoms with van der Waals surface area (Å²) in [6.45, 7) is 5.43. The van der Waals surface area contributed by atoms with E-state index in [4.69, 9.17) is 0 Å². The molecule has 1 aromatic heterocycles. The third-order valence-corrected chi connectivity index (χ3v) is 7.27. The minimum atomic E-state index is -3.36. The van der Waals surface area contributed by atoms with E-state index in [1.807, 2.05) is 12.1 Å². The van der Waals surface area contributed by atoms with Gasteiger partial charge < -0.3 is 0 Å². The highest BCUT2D eigenvalue weighted by Crippen LogP contribution is 2.32. The average molecular weight is 350 g/mol. The van der Waals surface area contributed by atoms with Crippen molar-refractivity contribution in [3.63, 3.8) is 0 Å². The molecule has 0 aliphatic carbocycles. The van der Waals surface area contributed by atoms with Gasteiger partial charge in [0.2, 0.25) is 10.0 Å². The normalized spacial score (nSPS) is 17.7. The van der Waals surface area contributed by atoms with Crippen LogP contribution in [0.2, 0.25) is 0 Å². The Hall–Kier alpha value is -1.17. The zero-order chi connectivity index (χ0) is 16.4. The lowest BCUT2D eigenvalue weighted by Crippen LogP contribution is -2.37. The summed E-state index contributed by atoms with van der Waals surface area (Å²) >= 11 is 1.71. The first-order chi connectivity index (χ1) is 11.0. The van der Waals surface area contributed by atoms with Crippen molar-refractivity contribution >= 4 is 21.4 Å². The van der Waals surface area contributed by atoms with Gasteiger partial charge in [0.25, 0.3) is 0 Å². The maximum Gasteiger partial charge on any atom is 0.243 e. The Morgan fingerprint density at radius 1 is 1.09 bits per heavy atom. The number of rotatable bonds is 4. The van der Waals surface area contributed by atoms with E-state index in [2.05, 4.69) is 30.7 Å². The third-order valence-electron chi connectivity index (χ3n) is 4.65. The number of piperidine rings is 1. The van der Waals surface area contributed by atoms with Crippen molar-refractivity contribution in [1.82, 2.24) is 4.31 Å². The highest BCUT2D eigenvalue weighted by atomic mass is 32.2. The van der Waals surface area contributed by atoms with E-state index in [-0.39, 0.29) is 0 Å². The van der Waals surface area contributed by atoms with Gasteiger partial charge in [-0.05, 0) is 64.8 Å². The maximum atomic E-state index is 12.8. The molecule has 0 spiro atoms. The SMILES string of the molecule is CC(C)c1ccc(S(=O)(=O)N2CCC(c3ccsc3)CC2)cc1. The molecule has 1 aromatic carbocycles. The third kappa shape index (κ3) is 3.52. The molecular formula is C18H23NO2S2. The fourth-order valence-electron chi connectivity index (χ4n) is 3.11. The van der Waals surface area contributed by atoms with Gasteiger partial charge in [-0.3, -0.25) is 0 Å². The van der Waals surface area contributed by atoms with Crippen LogP contribution in [-0.2, 0) is 10.0 Å². The minimum absolute atomic E-state index is 0.410. The van der Waals surface area contributed by atoms with Crippen LogP contribution in [0.5, 0.6) is 0 Å². The monoisotopic (exact) mass is 349 g/mol. The quantitative estimate of drug-likeness (QED) is 0.818. The first-order valence-corrected chi connectivity index (χ1v) is 10.5. The average Bonchev–Trinajstić information content (AvgIpc) is 3.09. The zero-order valence-electron chi connectivity index (χ0n) is 13.6. The highest BCUT2D eigenvalue weighted by Gasteiger charge is 2.30. The van der Waals surface area contributed by atoms with Crippen LogP contribution in [0.4, 0.5) is 0 Å². The lowest BCUT2D eigenvalue weighted by atomic mass is 9.92. The van der Waals surface area contributed by atoms with Crippen LogP contribution in [0, 0.1) is 0 Å². The second-order valence-corrected chi connectivity index (χ2v) is 9.18. The lowest BCUT2D eigenvalue weighted by Gasteiger charge is -2.31. The summed E-state index contributed by atoms with van der Waals surface area (Å²) in [5, 5.41) is 4.27. The summed E-state index contributed by atoms with van der Waals surface area (Å²) in [6, 6.07) is 9.50.